The molecule has 0 fully saturated rings. The van der Waals surface area contributed by atoms with Gasteiger partial charge in [-0.05, 0) is 33.3 Å². The fraction of sp³-hybridized carbons (Fsp3) is 0.571. The standard InChI is InChI=1S/C14H22FN3O4/c1-14(2,3)22-13(21)17-5-4-10(19)11(20)8-6-9(15)12(16)18-7-8/h6-7,10-11,19-20H,4-5H2,1-3H3,(H2,16,18)(H,17,21). The Morgan fingerprint density at radius 1 is 1.50 bits per heavy atom. The molecule has 22 heavy (non-hydrogen) atoms. The van der Waals surface area contributed by atoms with Crippen LogP contribution in [0.15, 0.2) is 12.3 Å². The van der Waals surface area contributed by atoms with Crippen molar-refractivity contribution >= 4 is 11.9 Å². The number of aromatic nitrogens is 1. The molecule has 124 valence electrons. The molecule has 0 radical (unpaired) electrons. The third-order valence-corrected chi connectivity index (χ3v) is 2.71. The molecule has 0 saturated heterocycles. The number of hydrogen-bond donors (Lipinski definition) is 4. The summed E-state index contributed by atoms with van der Waals surface area (Å²) in [6, 6.07) is 1.01. The normalized spacial score (nSPS) is 14.3. The van der Waals surface area contributed by atoms with Crippen molar-refractivity contribution in [3.8, 4) is 0 Å². The topological polar surface area (TPSA) is 118 Å². The number of aliphatic hydroxyl groups is 2. The zero-order valence-corrected chi connectivity index (χ0v) is 12.8. The number of nitrogens with one attached hydrogen (secondary N) is 1. The Kier molecular flexibility index (Phi) is 6.07. The lowest BCUT2D eigenvalue weighted by Crippen LogP contribution is -2.34. The van der Waals surface area contributed by atoms with Gasteiger partial charge in [-0.2, -0.15) is 0 Å². The van der Waals surface area contributed by atoms with Crippen LogP contribution in [0.1, 0.15) is 38.9 Å². The number of anilines is 1. The van der Waals surface area contributed by atoms with Gasteiger partial charge in [-0.25, -0.2) is 14.2 Å². The molecule has 1 aromatic rings. The maximum atomic E-state index is 13.3. The van der Waals surface area contributed by atoms with Gasteiger partial charge >= 0.3 is 6.09 Å². The number of nitrogens with two attached hydrogens (primary N) is 1. The zero-order valence-electron chi connectivity index (χ0n) is 12.8. The van der Waals surface area contributed by atoms with Crippen molar-refractivity contribution < 1.29 is 24.1 Å². The molecule has 8 heteroatoms. The lowest BCUT2D eigenvalue weighted by atomic mass is 10.0. The molecule has 1 amide bonds. The van der Waals surface area contributed by atoms with Crippen LogP contribution in [-0.2, 0) is 4.74 Å². The molecule has 1 heterocycles. The van der Waals surface area contributed by atoms with Gasteiger partial charge in [-0.3, -0.25) is 0 Å². The average Bonchev–Trinajstić information content (AvgIpc) is 2.38. The number of hydrogen-bond acceptors (Lipinski definition) is 6. The Morgan fingerprint density at radius 3 is 2.68 bits per heavy atom. The quantitative estimate of drug-likeness (QED) is 0.646. The van der Waals surface area contributed by atoms with Crippen LogP contribution in [0.3, 0.4) is 0 Å². The first-order chi connectivity index (χ1) is 10.1. The summed E-state index contributed by atoms with van der Waals surface area (Å²) < 4.78 is 18.3. The van der Waals surface area contributed by atoms with Gasteiger partial charge < -0.3 is 26.0 Å². The molecule has 1 aromatic heterocycles. The number of rotatable bonds is 5. The molecule has 0 aromatic carbocycles. The summed E-state index contributed by atoms with van der Waals surface area (Å²) >= 11 is 0. The highest BCUT2D eigenvalue weighted by molar-refractivity contribution is 5.67. The minimum absolute atomic E-state index is 0.0619. The summed E-state index contributed by atoms with van der Waals surface area (Å²) in [5, 5.41) is 22.2. The van der Waals surface area contributed by atoms with Gasteiger partial charge in [-0.1, -0.05) is 0 Å². The lowest BCUT2D eigenvalue weighted by Gasteiger charge is -2.21. The molecule has 2 atom stereocenters. The Balaban J connectivity index is 2.46. The van der Waals surface area contributed by atoms with Crippen LogP contribution in [-0.4, -0.2) is 39.5 Å². The molecule has 0 saturated carbocycles. The summed E-state index contributed by atoms with van der Waals surface area (Å²) in [7, 11) is 0. The van der Waals surface area contributed by atoms with Crippen LogP contribution < -0.4 is 11.1 Å². The highest BCUT2D eigenvalue weighted by Gasteiger charge is 2.21. The van der Waals surface area contributed by atoms with E-state index in [4.69, 9.17) is 10.5 Å². The molecule has 7 nitrogen and oxygen atoms in total. The summed E-state index contributed by atoms with van der Waals surface area (Å²) in [6.45, 7) is 5.29. The second kappa shape index (κ2) is 7.37. The highest BCUT2D eigenvalue weighted by atomic mass is 19.1. The van der Waals surface area contributed by atoms with Crippen LogP contribution in [0.4, 0.5) is 15.0 Å². The maximum Gasteiger partial charge on any atom is 0.407 e. The predicted octanol–water partition coefficient (Wildman–Crippen LogP) is 1.11. The largest absolute Gasteiger partial charge is 0.444 e. The van der Waals surface area contributed by atoms with E-state index in [2.05, 4.69) is 10.3 Å². The number of amides is 1. The lowest BCUT2D eigenvalue weighted by molar-refractivity contribution is 0.0120. The van der Waals surface area contributed by atoms with Crippen molar-refractivity contribution in [2.24, 2.45) is 0 Å². The van der Waals surface area contributed by atoms with E-state index in [1.54, 1.807) is 20.8 Å². The van der Waals surface area contributed by atoms with E-state index in [1.165, 1.54) is 6.20 Å². The number of halogens is 1. The maximum absolute atomic E-state index is 13.3. The molecule has 2 unspecified atom stereocenters. The number of pyridine rings is 1. The van der Waals surface area contributed by atoms with Gasteiger partial charge in [0.1, 0.15) is 11.7 Å². The third kappa shape index (κ3) is 5.82. The van der Waals surface area contributed by atoms with Gasteiger partial charge in [0, 0.05) is 18.3 Å². The fourth-order valence-electron chi connectivity index (χ4n) is 1.64. The van der Waals surface area contributed by atoms with Gasteiger partial charge in [0.2, 0.25) is 0 Å². The number of alkyl carbamates (subject to hydrolysis) is 1. The van der Waals surface area contributed by atoms with Crippen LogP contribution in [0.2, 0.25) is 0 Å². The molecule has 1 rings (SSSR count). The summed E-state index contributed by atoms with van der Waals surface area (Å²) in [5.41, 5.74) is 4.73. The van der Waals surface area contributed by atoms with Crippen molar-refractivity contribution in [3.63, 3.8) is 0 Å². The summed E-state index contributed by atoms with van der Waals surface area (Å²) in [4.78, 5) is 15.0. The summed E-state index contributed by atoms with van der Waals surface area (Å²) in [6.07, 6.45) is -1.89. The van der Waals surface area contributed by atoms with E-state index in [0.29, 0.717) is 0 Å². The fourth-order valence-corrected chi connectivity index (χ4v) is 1.64. The van der Waals surface area contributed by atoms with Crippen molar-refractivity contribution in [1.82, 2.24) is 10.3 Å². The first-order valence-corrected chi connectivity index (χ1v) is 6.84. The van der Waals surface area contributed by atoms with E-state index < -0.39 is 29.7 Å². The molecule has 0 aliphatic heterocycles. The number of carbonyl (C=O) groups excluding carboxylic acids is 1. The molecular weight excluding hydrogens is 293 g/mol. The van der Waals surface area contributed by atoms with E-state index in [0.717, 1.165) is 6.07 Å². The SMILES string of the molecule is CC(C)(C)OC(=O)NCCC(O)C(O)c1cnc(N)c(F)c1. The van der Waals surface area contributed by atoms with Gasteiger partial charge in [0.25, 0.3) is 0 Å². The zero-order chi connectivity index (χ0) is 16.9. The van der Waals surface area contributed by atoms with Crippen LogP contribution in [0, 0.1) is 5.82 Å². The number of nitrogens with zero attached hydrogens (tertiary/aromatic N) is 1. The Morgan fingerprint density at radius 2 is 2.14 bits per heavy atom. The van der Waals surface area contributed by atoms with Gasteiger partial charge in [0.05, 0.1) is 6.10 Å². The summed E-state index contributed by atoms with van der Waals surface area (Å²) in [5.74, 6) is -1.05. The monoisotopic (exact) mass is 315 g/mol. The van der Waals surface area contributed by atoms with Crippen molar-refractivity contribution in [2.75, 3.05) is 12.3 Å². The Labute approximate surface area is 128 Å². The molecule has 0 aliphatic rings. The number of nitrogen functional groups attached to an aromatic ring is 1. The Hall–Kier alpha value is -1.93. The molecule has 0 bridgehead atoms. The number of carbonyl (C=O) groups is 1. The second-order valence-electron chi connectivity index (χ2n) is 5.87. The van der Waals surface area contributed by atoms with Crippen LogP contribution >= 0.6 is 0 Å². The predicted molar refractivity (Wildman–Crippen MR) is 78.4 cm³/mol. The van der Waals surface area contributed by atoms with E-state index >= 15 is 0 Å². The van der Waals surface area contributed by atoms with Gasteiger partial charge in [0.15, 0.2) is 11.6 Å². The van der Waals surface area contributed by atoms with Gasteiger partial charge in [-0.15, -0.1) is 0 Å². The van der Waals surface area contributed by atoms with Crippen molar-refractivity contribution in [2.45, 2.75) is 45.0 Å². The van der Waals surface area contributed by atoms with Crippen molar-refractivity contribution in [1.29, 1.82) is 0 Å². The molecular formula is C14H22FN3O4. The minimum Gasteiger partial charge on any atom is -0.444 e. The van der Waals surface area contributed by atoms with Crippen molar-refractivity contribution in [3.05, 3.63) is 23.6 Å². The molecule has 5 N–H and O–H groups in total. The molecule has 0 aliphatic carbocycles. The van der Waals surface area contributed by atoms with E-state index in [1.807, 2.05) is 0 Å². The van der Waals surface area contributed by atoms with Crippen LogP contribution in [0.25, 0.3) is 0 Å². The average molecular weight is 315 g/mol. The Bertz CT molecular complexity index is 519. The number of aliphatic hydroxyl groups excluding tert-OH is 2. The van der Waals surface area contributed by atoms with E-state index in [-0.39, 0.29) is 24.3 Å². The second-order valence-corrected chi connectivity index (χ2v) is 5.87. The molecule has 0 spiro atoms. The minimum atomic E-state index is -1.33. The number of ether oxygens (including phenoxy) is 1. The highest BCUT2D eigenvalue weighted by Crippen LogP contribution is 2.20. The first-order valence-electron chi connectivity index (χ1n) is 6.84. The third-order valence-electron chi connectivity index (χ3n) is 2.71. The van der Waals surface area contributed by atoms with E-state index in [9.17, 15) is 19.4 Å². The smallest absolute Gasteiger partial charge is 0.407 e. The first kappa shape index (κ1) is 18.1. The van der Waals surface area contributed by atoms with Crippen LogP contribution in [0.5, 0.6) is 0 Å².